The van der Waals surface area contributed by atoms with Crippen LogP contribution in [0.4, 0.5) is 0 Å². The number of guanidine groups is 1. The van der Waals surface area contributed by atoms with Crippen molar-refractivity contribution in [3.63, 3.8) is 0 Å². The third-order valence-electron chi connectivity index (χ3n) is 2.81. The molecule has 22 heavy (non-hydrogen) atoms. The Balaban J connectivity index is 0.00000441. The zero-order valence-corrected chi connectivity index (χ0v) is 15.8. The van der Waals surface area contributed by atoms with E-state index in [0.717, 1.165) is 23.8 Å². The van der Waals surface area contributed by atoms with Crippen LogP contribution < -0.4 is 15.4 Å². The molecule has 0 heterocycles. The first-order chi connectivity index (χ1) is 10.3. The summed E-state index contributed by atoms with van der Waals surface area (Å²) in [5.74, 6) is 1.59. The van der Waals surface area contributed by atoms with Crippen molar-refractivity contribution in [2.75, 3.05) is 47.6 Å². The molecule has 0 bridgehead atoms. The van der Waals surface area contributed by atoms with Crippen molar-refractivity contribution in [3.05, 3.63) is 29.8 Å². The maximum absolute atomic E-state index is 5.63. The van der Waals surface area contributed by atoms with Crippen LogP contribution in [0.1, 0.15) is 5.56 Å². The average molecular weight is 423 g/mol. The number of hydrogen-bond donors (Lipinski definition) is 2. The van der Waals surface area contributed by atoms with Crippen LogP contribution in [-0.2, 0) is 16.1 Å². The summed E-state index contributed by atoms with van der Waals surface area (Å²) < 4.78 is 15.9. The molecule has 0 radical (unpaired) electrons. The van der Waals surface area contributed by atoms with Gasteiger partial charge < -0.3 is 24.8 Å². The molecule has 0 aliphatic carbocycles. The fourth-order valence-electron chi connectivity index (χ4n) is 1.74. The quantitative estimate of drug-likeness (QED) is 0.274. The van der Waals surface area contributed by atoms with Crippen LogP contribution >= 0.6 is 24.0 Å². The summed E-state index contributed by atoms with van der Waals surface area (Å²) in [5.41, 5.74) is 1.04. The fraction of sp³-hybridized carbons (Fsp3) is 0.533. The lowest BCUT2D eigenvalue weighted by molar-refractivity contribution is 0.123. The van der Waals surface area contributed by atoms with Gasteiger partial charge in [0, 0.05) is 32.8 Å². The topological polar surface area (TPSA) is 64.1 Å². The van der Waals surface area contributed by atoms with Crippen molar-refractivity contribution in [1.82, 2.24) is 10.6 Å². The first-order valence-electron chi connectivity index (χ1n) is 6.95. The Kier molecular flexibility index (Phi) is 12.9. The molecule has 1 aromatic carbocycles. The first-order valence-corrected chi connectivity index (χ1v) is 6.95. The molecule has 1 rings (SSSR count). The molecule has 7 heteroatoms. The molecule has 0 spiro atoms. The summed E-state index contributed by atoms with van der Waals surface area (Å²) in [6.07, 6.45) is 0. The van der Waals surface area contributed by atoms with Gasteiger partial charge in [0.1, 0.15) is 5.75 Å². The van der Waals surface area contributed by atoms with Gasteiger partial charge >= 0.3 is 0 Å². The average Bonchev–Trinajstić information content (AvgIpc) is 2.53. The standard InChI is InChI=1S/C15H25N3O3.HI/c1-16-15(17-8-10-19-2)18-9-11-21-12-13-6-4-5-7-14(13)20-3;/h4-7H,8-12H2,1-3H3,(H2,16,17,18);1H. The molecule has 0 atom stereocenters. The van der Waals surface area contributed by atoms with E-state index in [1.165, 1.54) is 0 Å². The van der Waals surface area contributed by atoms with Gasteiger partial charge in [0.2, 0.25) is 0 Å². The van der Waals surface area contributed by atoms with Gasteiger partial charge in [-0.15, -0.1) is 24.0 Å². The molecule has 0 aromatic heterocycles. The minimum atomic E-state index is 0. The first kappa shape index (κ1) is 20.9. The smallest absolute Gasteiger partial charge is 0.191 e. The molecule has 6 nitrogen and oxygen atoms in total. The highest BCUT2D eigenvalue weighted by Crippen LogP contribution is 2.17. The molecule has 0 aliphatic heterocycles. The van der Waals surface area contributed by atoms with Gasteiger partial charge in [-0.05, 0) is 6.07 Å². The number of rotatable bonds is 9. The molecule has 1 aromatic rings. The third kappa shape index (κ3) is 8.40. The van der Waals surface area contributed by atoms with E-state index in [1.54, 1.807) is 21.3 Å². The monoisotopic (exact) mass is 423 g/mol. The second-order valence-electron chi connectivity index (χ2n) is 4.28. The maximum Gasteiger partial charge on any atom is 0.191 e. The number of benzene rings is 1. The number of nitrogens with one attached hydrogen (secondary N) is 2. The van der Waals surface area contributed by atoms with Gasteiger partial charge in [0.05, 0.1) is 26.9 Å². The summed E-state index contributed by atoms with van der Waals surface area (Å²) in [7, 11) is 5.07. The maximum atomic E-state index is 5.63. The number of halogens is 1. The normalized spacial score (nSPS) is 10.8. The lowest BCUT2D eigenvalue weighted by atomic mass is 10.2. The van der Waals surface area contributed by atoms with Gasteiger partial charge in [-0.2, -0.15) is 0 Å². The lowest BCUT2D eigenvalue weighted by Gasteiger charge is -2.12. The Hall–Kier alpha value is -1.06. The molecule has 0 aliphatic rings. The minimum Gasteiger partial charge on any atom is -0.496 e. The molecule has 0 fully saturated rings. The van der Waals surface area contributed by atoms with Crippen LogP contribution in [-0.4, -0.2) is 53.5 Å². The molecule has 0 saturated heterocycles. The number of methoxy groups -OCH3 is 2. The number of para-hydroxylation sites is 1. The predicted molar refractivity (Wildman–Crippen MR) is 99.3 cm³/mol. The molecular weight excluding hydrogens is 397 g/mol. The van der Waals surface area contributed by atoms with E-state index in [0.29, 0.717) is 26.4 Å². The van der Waals surface area contributed by atoms with Crippen molar-refractivity contribution in [2.45, 2.75) is 6.61 Å². The van der Waals surface area contributed by atoms with Crippen molar-refractivity contribution in [3.8, 4) is 5.75 Å². The number of aliphatic imine (C=N–C) groups is 1. The van der Waals surface area contributed by atoms with E-state index in [9.17, 15) is 0 Å². The number of ether oxygens (including phenoxy) is 3. The van der Waals surface area contributed by atoms with E-state index in [1.807, 2.05) is 24.3 Å². The highest BCUT2D eigenvalue weighted by atomic mass is 127. The summed E-state index contributed by atoms with van der Waals surface area (Å²) in [4.78, 5) is 4.11. The van der Waals surface area contributed by atoms with E-state index in [4.69, 9.17) is 14.2 Å². The van der Waals surface area contributed by atoms with Crippen LogP contribution in [0.15, 0.2) is 29.3 Å². The van der Waals surface area contributed by atoms with E-state index < -0.39 is 0 Å². The zero-order valence-electron chi connectivity index (χ0n) is 13.4. The highest BCUT2D eigenvalue weighted by molar-refractivity contribution is 14.0. The highest BCUT2D eigenvalue weighted by Gasteiger charge is 2.01. The Labute approximate surface area is 149 Å². The van der Waals surface area contributed by atoms with Crippen LogP contribution in [0.3, 0.4) is 0 Å². The van der Waals surface area contributed by atoms with Crippen LogP contribution in [0.2, 0.25) is 0 Å². The van der Waals surface area contributed by atoms with Gasteiger partial charge in [-0.3, -0.25) is 4.99 Å². The number of nitrogens with zero attached hydrogens (tertiary/aromatic N) is 1. The summed E-state index contributed by atoms with van der Waals surface area (Å²) in [6.45, 7) is 3.16. The van der Waals surface area contributed by atoms with Crippen LogP contribution in [0, 0.1) is 0 Å². The molecule has 126 valence electrons. The minimum absolute atomic E-state index is 0. The Morgan fingerprint density at radius 1 is 1.09 bits per heavy atom. The Morgan fingerprint density at radius 3 is 2.41 bits per heavy atom. The SMILES string of the molecule is CN=C(NCCOC)NCCOCc1ccccc1OC.I. The molecule has 0 amide bonds. The van der Waals surface area contributed by atoms with E-state index >= 15 is 0 Å². The Morgan fingerprint density at radius 2 is 1.77 bits per heavy atom. The largest absolute Gasteiger partial charge is 0.496 e. The van der Waals surface area contributed by atoms with Crippen LogP contribution in [0.5, 0.6) is 5.75 Å². The molecular formula is C15H26IN3O3. The molecule has 2 N–H and O–H groups in total. The zero-order chi connectivity index (χ0) is 15.3. The fourth-order valence-corrected chi connectivity index (χ4v) is 1.74. The van der Waals surface area contributed by atoms with Gasteiger partial charge in [0.15, 0.2) is 5.96 Å². The van der Waals surface area contributed by atoms with Gasteiger partial charge in [-0.1, -0.05) is 18.2 Å². The summed E-state index contributed by atoms with van der Waals surface area (Å²) in [5, 5.41) is 6.31. The van der Waals surface area contributed by atoms with Crippen molar-refractivity contribution < 1.29 is 14.2 Å². The summed E-state index contributed by atoms with van der Waals surface area (Å²) in [6, 6.07) is 7.84. The number of hydrogen-bond acceptors (Lipinski definition) is 4. The Bertz CT molecular complexity index is 430. The molecule has 0 saturated carbocycles. The molecule has 0 unspecified atom stereocenters. The van der Waals surface area contributed by atoms with Crippen molar-refractivity contribution in [2.24, 2.45) is 4.99 Å². The van der Waals surface area contributed by atoms with Crippen molar-refractivity contribution >= 4 is 29.9 Å². The van der Waals surface area contributed by atoms with E-state index in [2.05, 4.69) is 15.6 Å². The van der Waals surface area contributed by atoms with Crippen LogP contribution in [0.25, 0.3) is 0 Å². The predicted octanol–water partition coefficient (Wildman–Crippen LogP) is 1.64. The third-order valence-corrected chi connectivity index (χ3v) is 2.81. The lowest BCUT2D eigenvalue weighted by Crippen LogP contribution is -2.40. The summed E-state index contributed by atoms with van der Waals surface area (Å²) >= 11 is 0. The second kappa shape index (κ2) is 13.6. The van der Waals surface area contributed by atoms with Crippen molar-refractivity contribution in [1.29, 1.82) is 0 Å². The van der Waals surface area contributed by atoms with Gasteiger partial charge in [0.25, 0.3) is 0 Å². The van der Waals surface area contributed by atoms with E-state index in [-0.39, 0.29) is 24.0 Å². The second-order valence-corrected chi connectivity index (χ2v) is 4.28. The van der Waals surface area contributed by atoms with Gasteiger partial charge in [-0.25, -0.2) is 0 Å².